The van der Waals surface area contributed by atoms with Crippen LogP contribution in [0.25, 0.3) is 167 Å². The molecule has 9 heterocycles. The number of hydrogen-bond acceptors (Lipinski definition) is 11. The average molecular weight is 2580 g/mol. The monoisotopic (exact) mass is 2580 g/mol. The summed E-state index contributed by atoms with van der Waals surface area (Å²) in [6.07, 6.45) is 18.9. The van der Waals surface area contributed by atoms with Crippen molar-refractivity contribution in [3.63, 3.8) is 0 Å². The van der Waals surface area contributed by atoms with Crippen LogP contribution in [-0.4, -0.2) is 44.9 Å². The Morgan fingerprint density at radius 2 is 0.524 bits per heavy atom. The summed E-state index contributed by atoms with van der Waals surface area (Å²) in [5.74, 6) is 0. The Hall–Kier alpha value is -16.2. The van der Waals surface area contributed by atoms with Gasteiger partial charge in [-0.1, -0.05) is 276 Å². The van der Waals surface area contributed by atoms with Crippen molar-refractivity contribution in [3.8, 4) is 135 Å². The van der Waals surface area contributed by atoms with E-state index in [2.05, 4.69) is 342 Å². The standard InChI is InChI=1S/C46H31N3.C31H20N2.C27H18N4.C26H16N2.4Pt/c1-4-14-34(15-5-1)37-22-24-42(25-23-37)49(43-30-38(35-16-6-2-7-17-35)28-40(32-43)45-20-10-12-26-47-45)44-31-39(36-18-8-3-9-19-36)29-41(33-44)46-21-11-13-27-48-46;1-3-13-28-24(9-1)15-17-32-30(28)26-11-5-7-22(20-26)19-23-8-6-12-27(21-23)31-29-14-4-2-10-25(29)16-18-33-31;1-3-15-29-26(11-1)21-7-5-9-24(19-21)31(23-13-17-28-18-14-23)25-10-6-8-22(20-25)27-12-2-4-16-30-27;1-3-15-27-25(11-1)21-9-5-8-20(17-21)23-10-6-7-19-13-14-22(18-24(19)23)26-12-2-4-16-28-26;;;;/h1-31H;1-18H,19H2;1-18H;1-16H;;;;/q4*-2;4*+2. The first-order valence-electron chi connectivity index (χ1n) is 46.5. The average Bonchev–Trinajstić information content (AvgIpc) is 0.862. The van der Waals surface area contributed by atoms with Gasteiger partial charge in [-0.15, -0.1) is 231 Å². The zero-order chi connectivity index (χ0) is 94.5. The second-order valence-electron chi connectivity index (χ2n) is 33.3. The molecule has 0 aliphatic heterocycles. The minimum absolute atomic E-state index is 0. The summed E-state index contributed by atoms with van der Waals surface area (Å²) >= 11 is 0. The Morgan fingerprint density at radius 1 is 0.186 bits per heavy atom. The van der Waals surface area contributed by atoms with Gasteiger partial charge in [0.25, 0.3) is 0 Å². The van der Waals surface area contributed by atoms with Crippen LogP contribution in [-0.2, 0) is 90.7 Å². The molecule has 0 radical (unpaired) electrons. The maximum atomic E-state index is 4.72. The summed E-state index contributed by atoms with van der Waals surface area (Å²) in [5.41, 5.74) is 31.5. The van der Waals surface area contributed by atoms with Crippen molar-refractivity contribution in [3.05, 3.63) is 564 Å². The molecule has 0 aliphatic carbocycles. The number of rotatable bonds is 20. The number of pyridine rings is 9. The molecule has 15 aromatic carbocycles. The van der Waals surface area contributed by atoms with Gasteiger partial charge in [0, 0.05) is 84.7 Å². The predicted molar refractivity (Wildman–Crippen MR) is 573 cm³/mol. The summed E-state index contributed by atoms with van der Waals surface area (Å²) in [7, 11) is 0. The zero-order valence-electron chi connectivity index (χ0n) is 77.8. The summed E-state index contributed by atoms with van der Waals surface area (Å²) in [5, 5.41) is 6.87. The van der Waals surface area contributed by atoms with Gasteiger partial charge in [0.05, 0.1) is 0 Å². The molecule has 0 aliphatic rings. The maximum absolute atomic E-state index is 4.72. The molecular formula is C130H85N11Pt4. The number of benzene rings is 15. The van der Waals surface area contributed by atoms with Crippen molar-refractivity contribution in [1.29, 1.82) is 0 Å². The largest absolute Gasteiger partial charge is 2.00 e. The van der Waals surface area contributed by atoms with Gasteiger partial charge in [-0.2, -0.15) is 0 Å². The molecule has 24 rings (SSSR count). The van der Waals surface area contributed by atoms with Crippen LogP contribution in [0.5, 0.6) is 0 Å². The Kier molecular flexibility index (Phi) is 33.9. The molecule has 11 nitrogen and oxygen atoms in total. The molecule has 0 amide bonds. The van der Waals surface area contributed by atoms with Crippen LogP contribution in [0.1, 0.15) is 11.1 Å². The van der Waals surface area contributed by atoms with Crippen LogP contribution >= 0.6 is 0 Å². The molecule has 0 N–H and O–H groups in total. The smallest absolute Gasteiger partial charge is 0.346 e. The third kappa shape index (κ3) is 24.2. The molecule has 15 heteroatoms. The van der Waals surface area contributed by atoms with E-state index >= 15 is 0 Å². The predicted octanol–water partition coefficient (Wildman–Crippen LogP) is 31.7. The molecule has 24 aromatic rings. The molecule has 0 saturated heterocycles. The number of hydrogen-bond donors (Lipinski definition) is 0. The van der Waals surface area contributed by atoms with Gasteiger partial charge in [-0.05, 0) is 180 Å². The third-order valence-electron chi connectivity index (χ3n) is 24.1. The summed E-state index contributed by atoms with van der Waals surface area (Å²) in [6, 6.07) is 179. The molecule has 0 saturated carbocycles. The maximum Gasteiger partial charge on any atom is 2.00 e. The van der Waals surface area contributed by atoms with Crippen molar-refractivity contribution in [2.75, 3.05) is 9.80 Å². The van der Waals surface area contributed by atoms with Crippen molar-refractivity contribution < 1.29 is 84.3 Å². The Labute approximate surface area is 902 Å². The minimum atomic E-state index is 0. The molecule has 0 bridgehead atoms. The van der Waals surface area contributed by atoms with Gasteiger partial charge < -0.3 is 39.7 Å². The van der Waals surface area contributed by atoms with Crippen LogP contribution in [0, 0.1) is 48.5 Å². The fraction of sp³-hybridized carbons (Fsp3) is 0.00769. The van der Waals surface area contributed by atoms with Crippen LogP contribution < -0.4 is 9.80 Å². The van der Waals surface area contributed by atoms with Crippen LogP contribution in [0.3, 0.4) is 0 Å². The first-order chi connectivity index (χ1) is 69.9. The van der Waals surface area contributed by atoms with E-state index in [1.807, 2.05) is 225 Å². The Morgan fingerprint density at radius 3 is 0.966 bits per heavy atom. The summed E-state index contributed by atoms with van der Waals surface area (Å²) < 4.78 is 0. The molecule has 0 unspecified atom stereocenters. The molecule has 0 fully saturated rings. The third-order valence-corrected chi connectivity index (χ3v) is 24.1. The van der Waals surface area contributed by atoms with Gasteiger partial charge in [0.15, 0.2) is 0 Å². The van der Waals surface area contributed by atoms with Crippen molar-refractivity contribution >= 4 is 66.4 Å². The molecule has 0 spiro atoms. The first-order valence-corrected chi connectivity index (χ1v) is 46.5. The number of anilines is 6. The van der Waals surface area contributed by atoms with Crippen molar-refractivity contribution in [1.82, 2.24) is 44.9 Å². The van der Waals surface area contributed by atoms with E-state index in [1.165, 1.54) is 16.3 Å². The normalized spacial score (nSPS) is 10.6. The van der Waals surface area contributed by atoms with Crippen LogP contribution in [0.4, 0.5) is 34.1 Å². The van der Waals surface area contributed by atoms with Gasteiger partial charge in [-0.3, -0.25) is 15.0 Å². The van der Waals surface area contributed by atoms with Crippen LogP contribution in [0.15, 0.2) is 505 Å². The van der Waals surface area contributed by atoms with Gasteiger partial charge in [0.1, 0.15) is 0 Å². The fourth-order valence-electron chi connectivity index (χ4n) is 17.3. The minimum Gasteiger partial charge on any atom is -0.346 e. The van der Waals surface area contributed by atoms with Gasteiger partial charge in [0.2, 0.25) is 0 Å². The van der Waals surface area contributed by atoms with Gasteiger partial charge >= 0.3 is 84.3 Å². The van der Waals surface area contributed by atoms with E-state index in [-0.39, 0.29) is 84.3 Å². The van der Waals surface area contributed by atoms with E-state index in [1.54, 1.807) is 31.0 Å². The number of aromatic nitrogens is 9. The van der Waals surface area contributed by atoms with Crippen molar-refractivity contribution in [2.45, 2.75) is 6.42 Å². The Bertz CT molecular complexity index is 7920. The quantitative estimate of drug-likeness (QED) is 0.0678. The molecular weight excluding hydrogens is 2500 g/mol. The van der Waals surface area contributed by atoms with Gasteiger partial charge in [-0.25, -0.2) is 0 Å². The first kappa shape index (κ1) is 100. The van der Waals surface area contributed by atoms with E-state index in [0.717, 1.165) is 202 Å². The molecule has 145 heavy (non-hydrogen) atoms. The van der Waals surface area contributed by atoms with E-state index in [4.69, 9.17) is 9.97 Å². The number of fused-ring (bicyclic) bond motifs is 3. The molecule has 700 valence electrons. The van der Waals surface area contributed by atoms with Crippen LogP contribution in [0.2, 0.25) is 0 Å². The summed E-state index contributed by atoms with van der Waals surface area (Å²) in [6.45, 7) is 0. The zero-order valence-corrected chi connectivity index (χ0v) is 86.9. The second kappa shape index (κ2) is 49.0. The van der Waals surface area contributed by atoms with E-state index in [9.17, 15) is 0 Å². The topological polar surface area (TPSA) is 122 Å². The molecule has 0 atom stereocenters. The van der Waals surface area contributed by atoms with Crippen molar-refractivity contribution in [2.24, 2.45) is 0 Å². The summed E-state index contributed by atoms with van der Waals surface area (Å²) in [4.78, 5) is 45.2. The van der Waals surface area contributed by atoms with E-state index < -0.39 is 0 Å². The SMILES string of the molecule is [Pt+2].[Pt+2].[Pt+2].[Pt+2].[c-]1c(-c2ccccn2)cc(-c2ccccc2)cc1N(c1[c-]c(-c2ccccn2)cc(-c2ccccc2)c1)c1ccc(-c2ccccc2)cc1.[c-]1c(-c2ccccn2)cccc1-c1cccc2ccc(-c3ccccn3)[c-]c12.[c-]1c(-c2ccccn2)cccc1N(c1[c-]c(-c2ccccn2)ccc1)c1ccncc1.[c-]1c(Cc2[c-]c(-c3nccc4ccccc34)ccc2)cccc1-c1nccc2ccccc12. The fourth-order valence-corrected chi connectivity index (χ4v) is 17.3. The second-order valence-corrected chi connectivity index (χ2v) is 33.3. The molecule has 9 aromatic heterocycles. The number of nitrogens with zero attached hydrogens (tertiary/aromatic N) is 11. The Balaban J connectivity index is 0.000000134. The van der Waals surface area contributed by atoms with E-state index in [0.29, 0.717) is 0 Å².